The van der Waals surface area contributed by atoms with Crippen molar-refractivity contribution in [3.8, 4) is 17.3 Å². The Labute approximate surface area is 248 Å². The molecule has 42 heavy (non-hydrogen) atoms. The number of piperidine rings is 1. The highest BCUT2D eigenvalue weighted by Gasteiger charge is 2.33. The molecule has 7 rings (SSSR count). The fraction of sp³-hybridized carbons (Fsp3) is 0.452. The van der Waals surface area contributed by atoms with E-state index in [1.165, 1.54) is 12.1 Å². The molecule has 3 aliphatic rings. The number of rotatable bonds is 2. The predicted molar refractivity (Wildman–Crippen MR) is 158 cm³/mol. The molecule has 0 unspecified atom stereocenters. The molecule has 1 aromatic carbocycles. The number of hydrogen-bond acceptors (Lipinski definition) is 6. The standard InChI is InChI=1S/C31H35ClFN5O4/c1-19-14-26-34-24-18-38(26)30(22(19)17-27(39)40)37-10-8-31(2,9-11-37)42-13-5-3-4-12-41-25-7-6-21(33)15-20(25)16-23-28(32)36-29(24)35-23/h6-7,14-15,18H,3-5,8-13,16-17H2,1-2H3,(H,35,36)(H,39,40). The number of aliphatic carboxylic acids is 1. The van der Waals surface area contributed by atoms with E-state index in [4.69, 9.17) is 26.1 Å². The molecule has 4 aromatic rings. The Morgan fingerprint density at radius 3 is 2.74 bits per heavy atom. The van der Waals surface area contributed by atoms with Gasteiger partial charge >= 0.3 is 5.97 Å². The summed E-state index contributed by atoms with van der Waals surface area (Å²) in [6, 6.07) is 6.42. The van der Waals surface area contributed by atoms with Crippen LogP contribution in [0.15, 0.2) is 30.5 Å². The molecule has 0 aliphatic carbocycles. The van der Waals surface area contributed by atoms with Gasteiger partial charge < -0.3 is 24.5 Å². The van der Waals surface area contributed by atoms with Gasteiger partial charge in [-0.2, -0.15) is 0 Å². The second-order valence-corrected chi connectivity index (χ2v) is 11.9. The summed E-state index contributed by atoms with van der Waals surface area (Å²) in [5.41, 5.74) is 3.94. The van der Waals surface area contributed by atoms with Gasteiger partial charge in [-0.05, 0) is 75.8 Å². The van der Waals surface area contributed by atoms with Gasteiger partial charge in [0.1, 0.15) is 28.7 Å². The van der Waals surface area contributed by atoms with E-state index in [0.29, 0.717) is 53.8 Å². The highest BCUT2D eigenvalue weighted by Crippen LogP contribution is 2.35. The number of carboxylic acids is 1. The number of halogens is 2. The number of imidazole rings is 2. The third-order valence-electron chi connectivity index (χ3n) is 8.36. The van der Waals surface area contributed by atoms with E-state index < -0.39 is 5.97 Å². The van der Waals surface area contributed by atoms with Gasteiger partial charge in [0.15, 0.2) is 11.0 Å². The van der Waals surface area contributed by atoms with E-state index in [-0.39, 0.29) is 23.0 Å². The summed E-state index contributed by atoms with van der Waals surface area (Å²) in [5.74, 6) is 0.687. The molecule has 222 valence electrons. The molecule has 6 heterocycles. The van der Waals surface area contributed by atoms with Crippen molar-refractivity contribution in [3.05, 3.63) is 63.8 Å². The summed E-state index contributed by atoms with van der Waals surface area (Å²) in [7, 11) is 0. The van der Waals surface area contributed by atoms with E-state index >= 15 is 0 Å². The summed E-state index contributed by atoms with van der Waals surface area (Å²) in [6.07, 6.45) is 6.47. The highest BCUT2D eigenvalue weighted by molar-refractivity contribution is 6.30. The predicted octanol–water partition coefficient (Wildman–Crippen LogP) is 5.98. The van der Waals surface area contributed by atoms with Gasteiger partial charge in [0.2, 0.25) is 0 Å². The minimum atomic E-state index is -0.885. The van der Waals surface area contributed by atoms with Crippen LogP contribution in [-0.2, 0) is 22.4 Å². The lowest BCUT2D eigenvalue weighted by atomic mass is 9.92. The molecular formula is C31H35ClFN5O4. The average Bonchev–Trinajstić information content (AvgIpc) is 3.52. The van der Waals surface area contributed by atoms with Crippen molar-refractivity contribution in [1.82, 2.24) is 19.4 Å². The molecule has 3 aromatic heterocycles. The average molecular weight is 596 g/mol. The molecule has 0 amide bonds. The van der Waals surface area contributed by atoms with E-state index in [0.717, 1.165) is 62.1 Å². The number of nitrogens with one attached hydrogen (secondary N) is 1. The Morgan fingerprint density at radius 1 is 1.17 bits per heavy atom. The van der Waals surface area contributed by atoms with E-state index in [1.54, 1.807) is 6.07 Å². The molecule has 0 radical (unpaired) electrons. The maximum absolute atomic E-state index is 14.2. The zero-order valence-electron chi connectivity index (χ0n) is 23.9. The van der Waals surface area contributed by atoms with Crippen LogP contribution in [0.5, 0.6) is 5.75 Å². The van der Waals surface area contributed by atoms with E-state index in [2.05, 4.69) is 21.8 Å². The SMILES string of the molecule is Cc1cc2nc3cn2c(c1CC(=O)O)N1CCC(C)(CC1)OCCCCCOc1ccc(F)cc1Cc1[nH]c-3nc1Cl. The Hall–Kier alpha value is -3.63. The number of hydrogen-bond donors (Lipinski definition) is 2. The number of ether oxygens (including phenoxy) is 2. The normalized spacial score (nSPS) is 17.6. The number of anilines is 1. The van der Waals surface area contributed by atoms with Crippen molar-refractivity contribution in [2.24, 2.45) is 0 Å². The van der Waals surface area contributed by atoms with Crippen molar-refractivity contribution in [3.63, 3.8) is 0 Å². The van der Waals surface area contributed by atoms with Crippen molar-refractivity contribution in [2.45, 2.75) is 64.4 Å². The highest BCUT2D eigenvalue weighted by atomic mass is 35.5. The maximum atomic E-state index is 14.2. The van der Waals surface area contributed by atoms with Crippen LogP contribution in [0.4, 0.5) is 10.2 Å². The summed E-state index contributed by atoms with van der Waals surface area (Å²) < 4.78 is 28.6. The van der Waals surface area contributed by atoms with Gasteiger partial charge in [-0.1, -0.05) is 11.6 Å². The number of nitrogens with zero attached hydrogens (tertiary/aromatic N) is 4. The lowest BCUT2D eigenvalue weighted by Crippen LogP contribution is -2.45. The first-order chi connectivity index (χ1) is 20.2. The number of aromatic amines is 1. The lowest BCUT2D eigenvalue weighted by Gasteiger charge is -2.41. The molecular weight excluding hydrogens is 561 g/mol. The van der Waals surface area contributed by atoms with Crippen LogP contribution in [0.3, 0.4) is 0 Å². The number of aryl methyl sites for hydroxylation is 1. The van der Waals surface area contributed by atoms with Crippen LogP contribution in [0.2, 0.25) is 5.15 Å². The van der Waals surface area contributed by atoms with Gasteiger partial charge in [-0.25, -0.2) is 14.4 Å². The Bertz CT molecular complexity index is 1630. The summed E-state index contributed by atoms with van der Waals surface area (Å²) in [4.78, 5) is 26.8. The second-order valence-electron chi connectivity index (χ2n) is 11.5. The van der Waals surface area contributed by atoms with Crippen molar-refractivity contribution in [2.75, 3.05) is 31.2 Å². The first-order valence-corrected chi connectivity index (χ1v) is 14.9. The first kappa shape index (κ1) is 28.5. The Kier molecular flexibility index (Phi) is 7.85. The number of aromatic nitrogens is 4. The lowest BCUT2D eigenvalue weighted by molar-refractivity contribution is -0.136. The zero-order valence-corrected chi connectivity index (χ0v) is 24.6. The molecule has 0 spiro atoms. The number of carboxylic acid groups (broad SMARTS) is 1. The van der Waals surface area contributed by atoms with Crippen LogP contribution in [-0.4, -0.2) is 62.3 Å². The Balaban J connectivity index is 1.44. The van der Waals surface area contributed by atoms with E-state index in [9.17, 15) is 14.3 Å². The smallest absolute Gasteiger partial charge is 0.307 e. The molecule has 6 bridgehead atoms. The van der Waals surface area contributed by atoms with Gasteiger partial charge in [0.05, 0.1) is 24.3 Å². The van der Waals surface area contributed by atoms with Crippen LogP contribution in [0.1, 0.15) is 61.4 Å². The van der Waals surface area contributed by atoms with Crippen molar-refractivity contribution in [1.29, 1.82) is 0 Å². The largest absolute Gasteiger partial charge is 0.493 e. The fourth-order valence-corrected chi connectivity index (χ4v) is 6.16. The first-order valence-electron chi connectivity index (χ1n) is 14.5. The van der Waals surface area contributed by atoms with E-state index in [1.807, 2.05) is 23.6 Å². The number of fused-ring (bicyclic) bond motifs is 8. The number of carbonyl (C=O) groups is 1. The minimum Gasteiger partial charge on any atom is -0.493 e. The topological polar surface area (TPSA) is 105 Å². The maximum Gasteiger partial charge on any atom is 0.307 e. The van der Waals surface area contributed by atoms with Crippen LogP contribution >= 0.6 is 11.6 Å². The molecule has 3 aliphatic heterocycles. The zero-order chi connectivity index (χ0) is 29.4. The Morgan fingerprint density at radius 2 is 1.95 bits per heavy atom. The fourth-order valence-electron chi connectivity index (χ4n) is 5.96. The van der Waals surface area contributed by atoms with Crippen LogP contribution < -0.4 is 9.64 Å². The molecule has 0 atom stereocenters. The molecule has 0 saturated carbocycles. The molecule has 1 saturated heterocycles. The molecule has 11 heteroatoms. The van der Waals surface area contributed by atoms with Crippen LogP contribution in [0.25, 0.3) is 17.2 Å². The minimum absolute atomic E-state index is 0.0936. The molecule has 2 N–H and O–H groups in total. The molecule has 1 fully saturated rings. The van der Waals surface area contributed by atoms with Gasteiger partial charge in [0, 0.05) is 43.4 Å². The third-order valence-corrected chi connectivity index (χ3v) is 8.67. The summed E-state index contributed by atoms with van der Waals surface area (Å²) in [5, 5.41) is 10.0. The quantitative estimate of drug-likeness (QED) is 0.294. The van der Waals surface area contributed by atoms with Crippen LogP contribution in [0, 0.1) is 12.7 Å². The van der Waals surface area contributed by atoms with Gasteiger partial charge in [0.25, 0.3) is 0 Å². The summed E-state index contributed by atoms with van der Waals surface area (Å²) >= 11 is 6.58. The third kappa shape index (κ3) is 5.83. The van der Waals surface area contributed by atoms with Crippen molar-refractivity contribution < 1.29 is 23.8 Å². The second kappa shape index (κ2) is 11.6. The van der Waals surface area contributed by atoms with Gasteiger partial charge in [-0.15, -0.1) is 0 Å². The van der Waals surface area contributed by atoms with Crippen molar-refractivity contribution >= 4 is 29.0 Å². The number of H-pyrrole nitrogens is 1. The number of benzene rings is 1. The number of pyridine rings is 1. The molecule has 9 nitrogen and oxygen atoms in total. The monoisotopic (exact) mass is 595 g/mol. The summed E-state index contributed by atoms with van der Waals surface area (Å²) in [6.45, 7) is 6.74. The van der Waals surface area contributed by atoms with Gasteiger partial charge in [-0.3, -0.25) is 9.20 Å².